The summed E-state index contributed by atoms with van der Waals surface area (Å²) in [6.07, 6.45) is -0.987. The number of hydrogen-bond donors (Lipinski definition) is 1. The van der Waals surface area contributed by atoms with Crippen molar-refractivity contribution in [3.05, 3.63) is 35.4 Å². The van der Waals surface area contributed by atoms with Gasteiger partial charge in [-0.25, -0.2) is 8.78 Å². The molecule has 1 N–H and O–H groups in total. The van der Waals surface area contributed by atoms with E-state index >= 15 is 0 Å². The van der Waals surface area contributed by atoms with Crippen LogP contribution in [0.2, 0.25) is 0 Å². The van der Waals surface area contributed by atoms with Gasteiger partial charge in [-0.3, -0.25) is 0 Å². The predicted octanol–water partition coefficient (Wildman–Crippen LogP) is 2.29. The Morgan fingerprint density at radius 2 is 1.81 bits per heavy atom. The van der Waals surface area contributed by atoms with Crippen molar-refractivity contribution >= 4 is 0 Å². The first-order valence-electron chi connectivity index (χ1n) is 5.23. The summed E-state index contributed by atoms with van der Waals surface area (Å²) in [6, 6.07) is 3.65. The van der Waals surface area contributed by atoms with E-state index in [9.17, 15) is 13.9 Å². The Balaban J connectivity index is 2.59. The maximum Gasteiger partial charge on any atom is 0.129 e. The van der Waals surface area contributed by atoms with Gasteiger partial charge in [-0.2, -0.15) is 0 Å². The van der Waals surface area contributed by atoms with Gasteiger partial charge in [0.25, 0.3) is 0 Å². The van der Waals surface area contributed by atoms with Crippen LogP contribution in [0, 0.1) is 11.6 Å². The molecule has 0 spiro atoms. The standard InChI is InChI=1S/C12H16F2O2/c1-8(2)16-7-9(15)6-10-11(13)4-3-5-12(10)14/h3-5,8-9,15H,6-7H2,1-2H3. The number of rotatable bonds is 5. The molecule has 0 aliphatic carbocycles. The minimum Gasteiger partial charge on any atom is -0.390 e. The molecule has 0 bridgehead atoms. The van der Waals surface area contributed by atoms with Crippen LogP contribution in [0.1, 0.15) is 19.4 Å². The molecule has 1 aromatic carbocycles. The quantitative estimate of drug-likeness (QED) is 0.841. The lowest BCUT2D eigenvalue weighted by molar-refractivity contribution is 0.00563. The summed E-state index contributed by atoms with van der Waals surface area (Å²) < 4.78 is 31.6. The largest absolute Gasteiger partial charge is 0.390 e. The van der Waals surface area contributed by atoms with Crippen LogP contribution < -0.4 is 0 Å². The van der Waals surface area contributed by atoms with Gasteiger partial charge < -0.3 is 9.84 Å². The Bertz CT molecular complexity index is 320. The lowest BCUT2D eigenvalue weighted by atomic mass is 10.1. The fraction of sp³-hybridized carbons (Fsp3) is 0.500. The molecule has 1 unspecified atom stereocenters. The van der Waals surface area contributed by atoms with Crippen molar-refractivity contribution in [3.63, 3.8) is 0 Å². The number of benzene rings is 1. The molecular weight excluding hydrogens is 214 g/mol. The van der Waals surface area contributed by atoms with Gasteiger partial charge in [0.15, 0.2) is 0 Å². The predicted molar refractivity (Wildman–Crippen MR) is 57.2 cm³/mol. The highest BCUT2D eigenvalue weighted by molar-refractivity contribution is 5.20. The van der Waals surface area contributed by atoms with Gasteiger partial charge in [-0.15, -0.1) is 0 Å². The molecule has 1 rings (SSSR count). The minimum absolute atomic E-state index is 0.0138. The zero-order chi connectivity index (χ0) is 12.1. The molecule has 0 saturated carbocycles. The van der Waals surface area contributed by atoms with E-state index in [0.29, 0.717) is 0 Å². The SMILES string of the molecule is CC(C)OCC(O)Cc1c(F)cccc1F. The molecule has 0 aliphatic rings. The van der Waals surface area contributed by atoms with E-state index in [1.165, 1.54) is 18.2 Å². The number of halogens is 2. The summed E-state index contributed by atoms with van der Waals surface area (Å²) in [5.74, 6) is -1.27. The van der Waals surface area contributed by atoms with Crippen molar-refractivity contribution in [1.82, 2.24) is 0 Å². The van der Waals surface area contributed by atoms with Crippen molar-refractivity contribution in [1.29, 1.82) is 0 Å². The van der Waals surface area contributed by atoms with E-state index in [4.69, 9.17) is 4.74 Å². The summed E-state index contributed by atoms with van der Waals surface area (Å²) in [4.78, 5) is 0. The smallest absolute Gasteiger partial charge is 0.129 e. The molecule has 2 nitrogen and oxygen atoms in total. The summed E-state index contributed by atoms with van der Waals surface area (Å²) >= 11 is 0. The number of hydrogen-bond acceptors (Lipinski definition) is 2. The van der Waals surface area contributed by atoms with E-state index < -0.39 is 17.7 Å². The van der Waals surface area contributed by atoms with Gasteiger partial charge in [0.05, 0.1) is 18.8 Å². The third kappa shape index (κ3) is 3.87. The highest BCUT2D eigenvalue weighted by Crippen LogP contribution is 2.14. The van der Waals surface area contributed by atoms with Crippen LogP contribution in [0.5, 0.6) is 0 Å². The zero-order valence-electron chi connectivity index (χ0n) is 9.41. The van der Waals surface area contributed by atoms with Gasteiger partial charge in [-0.1, -0.05) is 6.07 Å². The van der Waals surface area contributed by atoms with E-state index in [1.54, 1.807) is 0 Å². The molecule has 0 radical (unpaired) electrons. The van der Waals surface area contributed by atoms with Crippen molar-refractivity contribution in [2.75, 3.05) is 6.61 Å². The van der Waals surface area contributed by atoms with Crippen LogP contribution in [0.25, 0.3) is 0 Å². The normalized spacial score (nSPS) is 13.1. The van der Waals surface area contributed by atoms with Gasteiger partial charge in [0.1, 0.15) is 11.6 Å². The lowest BCUT2D eigenvalue weighted by Gasteiger charge is -2.14. The molecule has 1 atom stereocenters. The van der Waals surface area contributed by atoms with Crippen LogP contribution >= 0.6 is 0 Å². The highest BCUT2D eigenvalue weighted by Gasteiger charge is 2.14. The van der Waals surface area contributed by atoms with Crippen LogP contribution in [-0.2, 0) is 11.2 Å². The molecule has 16 heavy (non-hydrogen) atoms. The molecule has 0 amide bonds. The average Bonchev–Trinajstić information content (AvgIpc) is 2.21. The molecule has 0 aliphatic heterocycles. The fourth-order valence-electron chi connectivity index (χ4n) is 1.33. The van der Waals surface area contributed by atoms with Crippen molar-refractivity contribution < 1.29 is 18.6 Å². The summed E-state index contributed by atoms with van der Waals surface area (Å²) in [5, 5.41) is 9.54. The molecular formula is C12H16F2O2. The first-order valence-corrected chi connectivity index (χ1v) is 5.23. The molecule has 0 saturated heterocycles. The van der Waals surface area contributed by atoms with Gasteiger partial charge in [0.2, 0.25) is 0 Å². The van der Waals surface area contributed by atoms with Crippen molar-refractivity contribution in [2.45, 2.75) is 32.5 Å². The Morgan fingerprint density at radius 3 is 2.31 bits per heavy atom. The van der Waals surface area contributed by atoms with Gasteiger partial charge in [-0.05, 0) is 26.0 Å². The monoisotopic (exact) mass is 230 g/mol. The maximum atomic E-state index is 13.2. The van der Waals surface area contributed by atoms with Crippen LogP contribution in [-0.4, -0.2) is 23.9 Å². The first kappa shape index (κ1) is 13.1. The second kappa shape index (κ2) is 5.92. The second-order valence-electron chi connectivity index (χ2n) is 3.94. The van der Waals surface area contributed by atoms with Crippen molar-refractivity contribution in [3.8, 4) is 0 Å². The average molecular weight is 230 g/mol. The Morgan fingerprint density at radius 1 is 1.25 bits per heavy atom. The number of ether oxygens (including phenoxy) is 1. The number of aliphatic hydroxyl groups excluding tert-OH is 1. The lowest BCUT2D eigenvalue weighted by Crippen LogP contribution is -2.21. The third-order valence-electron chi connectivity index (χ3n) is 2.12. The second-order valence-corrected chi connectivity index (χ2v) is 3.94. The van der Waals surface area contributed by atoms with E-state index in [-0.39, 0.29) is 24.7 Å². The highest BCUT2D eigenvalue weighted by atomic mass is 19.1. The van der Waals surface area contributed by atoms with E-state index in [1.807, 2.05) is 13.8 Å². The summed E-state index contributed by atoms with van der Waals surface area (Å²) in [5.41, 5.74) is -0.0950. The summed E-state index contributed by atoms with van der Waals surface area (Å²) in [6.45, 7) is 3.73. The maximum absolute atomic E-state index is 13.2. The summed E-state index contributed by atoms with van der Waals surface area (Å²) in [7, 11) is 0. The Hall–Kier alpha value is -1.00. The molecule has 0 aromatic heterocycles. The zero-order valence-corrected chi connectivity index (χ0v) is 9.41. The van der Waals surface area contributed by atoms with Crippen LogP contribution in [0.15, 0.2) is 18.2 Å². The van der Waals surface area contributed by atoms with Crippen molar-refractivity contribution in [2.24, 2.45) is 0 Å². The van der Waals surface area contributed by atoms with Crippen LogP contribution in [0.4, 0.5) is 8.78 Å². The topological polar surface area (TPSA) is 29.5 Å². The Kier molecular flexibility index (Phi) is 4.83. The third-order valence-corrected chi connectivity index (χ3v) is 2.12. The molecule has 0 heterocycles. The molecule has 0 fully saturated rings. The van der Waals surface area contributed by atoms with E-state index in [0.717, 1.165) is 0 Å². The molecule has 90 valence electrons. The van der Waals surface area contributed by atoms with Gasteiger partial charge >= 0.3 is 0 Å². The number of aliphatic hydroxyl groups is 1. The molecule has 1 aromatic rings. The Labute approximate surface area is 93.9 Å². The van der Waals surface area contributed by atoms with E-state index in [2.05, 4.69) is 0 Å². The minimum atomic E-state index is -0.895. The molecule has 4 heteroatoms. The van der Waals surface area contributed by atoms with Crippen LogP contribution in [0.3, 0.4) is 0 Å². The fourth-order valence-corrected chi connectivity index (χ4v) is 1.33. The van der Waals surface area contributed by atoms with Gasteiger partial charge in [0, 0.05) is 12.0 Å². The first-order chi connectivity index (χ1) is 7.50.